The Balaban J connectivity index is 1.84. The second-order valence-corrected chi connectivity index (χ2v) is 7.22. The van der Waals surface area contributed by atoms with E-state index in [1.165, 1.54) is 0 Å². The van der Waals surface area contributed by atoms with Gasteiger partial charge in [-0.3, -0.25) is 4.68 Å². The van der Waals surface area contributed by atoms with Crippen LogP contribution in [0.2, 0.25) is 0 Å². The lowest BCUT2D eigenvalue weighted by atomic mass is 10.1. The zero-order chi connectivity index (χ0) is 19.6. The molecule has 1 aliphatic rings. The van der Waals surface area contributed by atoms with Crippen molar-refractivity contribution in [1.29, 1.82) is 0 Å². The summed E-state index contributed by atoms with van der Waals surface area (Å²) in [6.07, 6.45) is 1.77. The van der Waals surface area contributed by atoms with Gasteiger partial charge in [-0.1, -0.05) is 0 Å². The van der Waals surface area contributed by atoms with Gasteiger partial charge in [0.05, 0.1) is 32.5 Å². The van der Waals surface area contributed by atoms with Gasteiger partial charge in [0.25, 0.3) is 0 Å². The molecule has 0 unspecified atom stereocenters. The van der Waals surface area contributed by atoms with E-state index >= 15 is 0 Å². The van der Waals surface area contributed by atoms with Crippen LogP contribution in [-0.4, -0.2) is 47.1 Å². The molecule has 1 aromatic heterocycles. The maximum absolute atomic E-state index is 13.0. The highest BCUT2D eigenvalue weighted by atomic mass is 16.5. The normalized spacial score (nSPS) is 15.5. The van der Waals surface area contributed by atoms with Crippen molar-refractivity contribution in [3.8, 4) is 11.5 Å². The number of nitrogens with one attached hydrogen (secondary N) is 1. The average Bonchev–Trinajstić information content (AvgIpc) is 2.86. The predicted octanol–water partition coefficient (Wildman–Crippen LogP) is 2.78. The van der Waals surface area contributed by atoms with E-state index in [4.69, 9.17) is 14.2 Å². The minimum Gasteiger partial charge on any atom is -0.497 e. The van der Waals surface area contributed by atoms with E-state index in [9.17, 15) is 4.79 Å². The van der Waals surface area contributed by atoms with Crippen LogP contribution in [0.3, 0.4) is 0 Å². The third-order valence-electron chi connectivity index (χ3n) is 4.31. The van der Waals surface area contributed by atoms with Crippen LogP contribution >= 0.6 is 0 Å². The molecule has 8 heteroatoms. The van der Waals surface area contributed by atoms with Crippen LogP contribution in [0, 0.1) is 0 Å². The fraction of sp³-hybridized carbons (Fsp3) is 0.474. The molecule has 0 aliphatic carbocycles. The van der Waals surface area contributed by atoms with Gasteiger partial charge >= 0.3 is 6.03 Å². The van der Waals surface area contributed by atoms with Crippen LogP contribution in [0.4, 0.5) is 10.5 Å². The van der Waals surface area contributed by atoms with Crippen molar-refractivity contribution >= 4 is 11.7 Å². The summed E-state index contributed by atoms with van der Waals surface area (Å²) in [6, 6.07) is 5.45. The van der Waals surface area contributed by atoms with E-state index in [1.807, 2.05) is 32.0 Å². The van der Waals surface area contributed by atoms with E-state index < -0.39 is 5.60 Å². The third-order valence-corrected chi connectivity index (χ3v) is 4.31. The number of benzene rings is 1. The SMILES string of the molecule is COCc1nn(C)cc1NC(=O)N1Cc2ccc(OC)cc2OC(C)(C)C1. The number of urea groups is 1. The molecule has 2 heterocycles. The van der Waals surface area contributed by atoms with Crippen molar-refractivity contribution in [2.24, 2.45) is 7.05 Å². The first-order valence-electron chi connectivity index (χ1n) is 8.74. The fourth-order valence-corrected chi connectivity index (χ4v) is 3.16. The van der Waals surface area contributed by atoms with Crippen LogP contribution in [0.15, 0.2) is 24.4 Å². The third kappa shape index (κ3) is 4.33. The molecule has 3 rings (SSSR count). The van der Waals surface area contributed by atoms with Gasteiger partial charge in [-0.15, -0.1) is 0 Å². The number of amides is 2. The molecule has 0 atom stereocenters. The Morgan fingerprint density at radius 2 is 2.15 bits per heavy atom. The van der Waals surface area contributed by atoms with Crippen molar-refractivity contribution in [2.45, 2.75) is 32.6 Å². The number of aryl methyl sites for hydroxylation is 1. The van der Waals surface area contributed by atoms with Gasteiger partial charge in [-0.25, -0.2) is 4.79 Å². The molecule has 0 spiro atoms. The second kappa shape index (κ2) is 7.48. The van der Waals surface area contributed by atoms with Crippen molar-refractivity contribution in [3.05, 3.63) is 35.7 Å². The van der Waals surface area contributed by atoms with Gasteiger partial charge in [0.1, 0.15) is 22.8 Å². The van der Waals surface area contributed by atoms with Crippen LogP contribution in [-0.2, 0) is 24.9 Å². The van der Waals surface area contributed by atoms with Crippen molar-refractivity contribution in [3.63, 3.8) is 0 Å². The first-order chi connectivity index (χ1) is 12.8. The van der Waals surface area contributed by atoms with Crippen LogP contribution in [0.5, 0.6) is 11.5 Å². The number of aromatic nitrogens is 2. The lowest BCUT2D eigenvalue weighted by Gasteiger charge is -2.29. The van der Waals surface area contributed by atoms with Gasteiger partial charge < -0.3 is 24.4 Å². The van der Waals surface area contributed by atoms with Gasteiger partial charge in [0.2, 0.25) is 0 Å². The lowest BCUT2D eigenvalue weighted by Crippen LogP contribution is -2.44. The Morgan fingerprint density at radius 1 is 1.37 bits per heavy atom. The number of ether oxygens (including phenoxy) is 3. The molecule has 0 fully saturated rings. The highest BCUT2D eigenvalue weighted by Crippen LogP contribution is 2.33. The van der Waals surface area contributed by atoms with E-state index in [2.05, 4.69) is 10.4 Å². The molecule has 1 aliphatic heterocycles. The number of hydrogen-bond acceptors (Lipinski definition) is 5. The molecule has 146 valence electrons. The number of nitrogens with zero attached hydrogens (tertiary/aromatic N) is 3. The molecule has 0 bridgehead atoms. The predicted molar refractivity (Wildman–Crippen MR) is 101 cm³/mol. The summed E-state index contributed by atoms with van der Waals surface area (Å²) >= 11 is 0. The summed E-state index contributed by atoms with van der Waals surface area (Å²) in [5, 5.41) is 7.27. The molecule has 0 saturated carbocycles. The molecule has 8 nitrogen and oxygen atoms in total. The van der Waals surface area contributed by atoms with Gasteiger partial charge in [-0.05, 0) is 26.0 Å². The van der Waals surface area contributed by atoms with E-state index in [0.29, 0.717) is 31.1 Å². The Morgan fingerprint density at radius 3 is 2.85 bits per heavy atom. The minimum absolute atomic E-state index is 0.208. The maximum Gasteiger partial charge on any atom is 0.322 e. The van der Waals surface area contributed by atoms with E-state index in [-0.39, 0.29) is 6.03 Å². The zero-order valence-electron chi connectivity index (χ0n) is 16.4. The molecular formula is C19H26N4O4. The first-order valence-corrected chi connectivity index (χ1v) is 8.74. The first kappa shape index (κ1) is 19.0. The van der Waals surface area contributed by atoms with Gasteiger partial charge in [-0.2, -0.15) is 5.10 Å². The molecule has 1 aromatic carbocycles. The number of rotatable bonds is 4. The zero-order valence-corrected chi connectivity index (χ0v) is 16.4. The summed E-state index contributed by atoms with van der Waals surface area (Å²) in [5.41, 5.74) is 1.71. The molecule has 2 amide bonds. The number of hydrogen-bond donors (Lipinski definition) is 1. The van der Waals surface area contributed by atoms with Crippen molar-refractivity contribution in [1.82, 2.24) is 14.7 Å². The lowest BCUT2D eigenvalue weighted by molar-refractivity contribution is 0.0833. The highest BCUT2D eigenvalue weighted by molar-refractivity contribution is 5.90. The molecule has 1 N–H and O–H groups in total. The molecule has 0 saturated heterocycles. The molecule has 0 radical (unpaired) electrons. The number of anilines is 1. The quantitative estimate of drug-likeness (QED) is 0.890. The van der Waals surface area contributed by atoms with E-state index in [0.717, 1.165) is 17.1 Å². The van der Waals surface area contributed by atoms with E-state index in [1.54, 1.807) is 37.0 Å². The summed E-state index contributed by atoms with van der Waals surface area (Å²) in [6.45, 7) is 5.13. The number of carbonyl (C=O) groups excluding carboxylic acids is 1. The van der Waals surface area contributed by atoms with Crippen LogP contribution in [0.1, 0.15) is 25.1 Å². The maximum atomic E-state index is 13.0. The topological polar surface area (TPSA) is 77.9 Å². The number of carbonyl (C=O) groups is 1. The molecular weight excluding hydrogens is 348 g/mol. The van der Waals surface area contributed by atoms with Gasteiger partial charge in [0.15, 0.2) is 0 Å². The largest absolute Gasteiger partial charge is 0.497 e. The summed E-state index contributed by atoms with van der Waals surface area (Å²) in [4.78, 5) is 14.7. The summed E-state index contributed by atoms with van der Waals surface area (Å²) in [5.74, 6) is 1.46. The average molecular weight is 374 g/mol. The van der Waals surface area contributed by atoms with Crippen molar-refractivity contribution < 1.29 is 19.0 Å². The Kier molecular flexibility index (Phi) is 5.27. The summed E-state index contributed by atoms with van der Waals surface area (Å²) < 4.78 is 18.2. The summed E-state index contributed by atoms with van der Waals surface area (Å²) in [7, 11) is 5.02. The fourth-order valence-electron chi connectivity index (χ4n) is 3.16. The number of methoxy groups -OCH3 is 2. The standard InChI is InChI=1S/C19H26N4O4/c1-19(2)12-23(9-13-6-7-14(26-5)8-17(13)27-19)18(24)20-15-10-22(3)21-16(15)11-25-4/h6-8,10H,9,11-12H2,1-5H3,(H,20,24). The highest BCUT2D eigenvalue weighted by Gasteiger charge is 2.32. The van der Waals surface area contributed by atoms with Crippen LogP contribution in [0.25, 0.3) is 0 Å². The van der Waals surface area contributed by atoms with Gasteiger partial charge in [0, 0.05) is 32.0 Å². The molecule has 2 aromatic rings. The monoisotopic (exact) mass is 374 g/mol. The smallest absolute Gasteiger partial charge is 0.322 e. The Bertz CT molecular complexity index is 831. The Labute approximate surface area is 159 Å². The molecule has 27 heavy (non-hydrogen) atoms. The second-order valence-electron chi connectivity index (χ2n) is 7.22. The minimum atomic E-state index is -0.542. The number of fused-ring (bicyclic) bond motifs is 1. The van der Waals surface area contributed by atoms with Crippen molar-refractivity contribution in [2.75, 3.05) is 26.1 Å². The Hall–Kier alpha value is -2.74. The van der Waals surface area contributed by atoms with Crippen LogP contribution < -0.4 is 14.8 Å².